The van der Waals surface area contributed by atoms with Gasteiger partial charge in [0.25, 0.3) is 0 Å². The first-order valence-electron chi connectivity index (χ1n) is 5.77. The number of Topliss-reactive ketones (excluding diaryl/α,β-unsaturated/α-hetero) is 1. The summed E-state index contributed by atoms with van der Waals surface area (Å²) in [6.07, 6.45) is 0.292. The van der Waals surface area contributed by atoms with Crippen molar-refractivity contribution in [1.29, 1.82) is 0 Å². The van der Waals surface area contributed by atoms with Gasteiger partial charge in [-0.2, -0.15) is 0 Å². The number of benzene rings is 1. The molecule has 0 unspecified atom stereocenters. The van der Waals surface area contributed by atoms with E-state index >= 15 is 0 Å². The number of ether oxygens (including phenoxy) is 2. The van der Waals surface area contributed by atoms with Gasteiger partial charge >= 0.3 is 0 Å². The van der Waals surface area contributed by atoms with Crippen molar-refractivity contribution in [1.82, 2.24) is 4.98 Å². The molecular formula is C14H10BrNO3. The van der Waals surface area contributed by atoms with E-state index in [0.29, 0.717) is 22.5 Å². The Balaban J connectivity index is 1.80. The number of hydrogen-bond acceptors (Lipinski definition) is 4. The average molecular weight is 320 g/mol. The van der Waals surface area contributed by atoms with E-state index in [0.717, 1.165) is 11.3 Å². The highest BCUT2D eigenvalue weighted by Gasteiger charge is 2.15. The van der Waals surface area contributed by atoms with Gasteiger partial charge in [0.05, 0.1) is 0 Å². The molecule has 1 aromatic carbocycles. The highest BCUT2D eigenvalue weighted by molar-refractivity contribution is 9.10. The van der Waals surface area contributed by atoms with Gasteiger partial charge in [0.1, 0.15) is 10.3 Å². The highest BCUT2D eigenvalue weighted by atomic mass is 79.9. The lowest BCUT2D eigenvalue weighted by molar-refractivity contribution is 0.0988. The fraction of sp³-hybridized carbons (Fsp3) is 0.143. The molecule has 0 atom stereocenters. The predicted molar refractivity (Wildman–Crippen MR) is 72.5 cm³/mol. The second kappa shape index (κ2) is 5.01. The lowest BCUT2D eigenvalue weighted by atomic mass is 10.1. The highest BCUT2D eigenvalue weighted by Crippen LogP contribution is 2.32. The Kier molecular flexibility index (Phi) is 3.21. The van der Waals surface area contributed by atoms with Gasteiger partial charge in [-0.25, -0.2) is 4.98 Å². The smallest absolute Gasteiger partial charge is 0.231 e. The van der Waals surface area contributed by atoms with Gasteiger partial charge in [-0.1, -0.05) is 12.1 Å². The SMILES string of the molecule is O=C(Cc1ccc2c(c1)OCO2)c1cccc(Br)n1. The maximum absolute atomic E-state index is 12.1. The fourth-order valence-corrected chi connectivity index (χ4v) is 2.23. The Bertz CT molecular complexity index is 642. The number of ketones is 1. The number of carbonyl (C=O) groups is 1. The molecule has 96 valence electrons. The van der Waals surface area contributed by atoms with Crippen molar-refractivity contribution in [2.45, 2.75) is 6.42 Å². The number of pyridine rings is 1. The summed E-state index contributed by atoms with van der Waals surface area (Å²) < 4.78 is 11.2. The van der Waals surface area contributed by atoms with Crippen molar-refractivity contribution in [3.05, 3.63) is 52.3 Å². The van der Waals surface area contributed by atoms with Crippen LogP contribution >= 0.6 is 15.9 Å². The molecule has 1 aliphatic rings. The normalized spacial score (nSPS) is 12.5. The lowest BCUT2D eigenvalue weighted by Crippen LogP contribution is -2.05. The van der Waals surface area contributed by atoms with E-state index in [9.17, 15) is 4.79 Å². The minimum atomic E-state index is -0.0276. The molecule has 0 amide bonds. The Hall–Kier alpha value is -1.88. The van der Waals surface area contributed by atoms with Crippen LogP contribution in [0.3, 0.4) is 0 Å². The zero-order chi connectivity index (χ0) is 13.2. The molecule has 0 aliphatic carbocycles. The predicted octanol–water partition coefficient (Wildman–Crippen LogP) is 3.00. The van der Waals surface area contributed by atoms with Crippen LogP contribution in [0.25, 0.3) is 0 Å². The van der Waals surface area contributed by atoms with Crippen molar-refractivity contribution in [3.63, 3.8) is 0 Å². The van der Waals surface area contributed by atoms with E-state index < -0.39 is 0 Å². The van der Waals surface area contributed by atoms with Crippen LogP contribution in [-0.2, 0) is 6.42 Å². The van der Waals surface area contributed by atoms with Crippen LogP contribution in [0.2, 0.25) is 0 Å². The summed E-state index contributed by atoms with van der Waals surface area (Å²) in [5.74, 6) is 1.38. The molecule has 0 fully saturated rings. The number of carbonyl (C=O) groups excluding carboxylic acids is 1. The molecule has 2 heterocycles. The Morgan fingerprint density at radius 3 is 2.89 bits per heavy atom. The van der Waals surface area contributed by atoms with Crippen molar-refractivity contribution >= 4 is 21.7 Å². The van der Waals surface area contributed by atoms with E-state index in [1.165, 1.54) is 0 Å². The fourth-order valence-electron chi connectivity index (χ4n) is 1.89. The van der Waals surface area contributed by atoms with Crippen molar-refractivity contribution in [2.24, 2.45) is 0 Å². The monoisotopic (exact) mass is 319 g/mol. The summed E-state index contributed by atoms with van der Waals surface area (Å²) in [6.45, 7) is 0.236. The van der Waals surface area contributed by atoms with Crippen molar-refractivity contribution in [3.8, 4) is 11.5 Å². The zero-order valence-corrected chi connectivity index (χ0v) is 11.5. The summed E-state index contributed by atoms with van der Waals surface area (Å²) in [4.78, 5) is 16.3. The summed E-state index contributed by atoms with van der Waals surface area (Å²) in [6, 6.07) is 10.8. The number of rotatable bonds is 3. The first kappa shape index (κ1) is 12.2. The van der Waals surface area contributed by atoms with Gasteiger partial charge in [0, 0.05) is 6.42 Å². The van der Waals surface area contributed by atoms with E-state index in [2.05, 4.69) is 20.9 Å². The van der Waals surface area contributed by atoms with E-state index in [1.54, 1.807) is 18.2 Å². The Morgan fingerprint density at radius 2 is 2.05 bits per heavy atom. The van der Waals surface area contributed by atoms with Gasteiger partial charge in [-0.15, -0.1) is 0 Å². The second-order valence-corrected chi connectivity index (χ2v) is 4.95. The van der Waals surface area contributed by atoms with Crippen LogP contribution in [0.5, 0.6) is 11.5 Å². The minimum absolute atomic E-state index is 0.0276. The van der Waals surface area contributed by atoms with Crippen molar-refractivity contribution < 1.29 is 14.3 Å². The maximum atomic E-state index is 12.1. The number of fused-ring (bicyclic) bond motifs is 1. The molecule has 0 radical (unpaired) electrons. The maximum Gasteiger partial charge on any atom is 0.231 e. The van der Waals surface area contributed by atoms with Crippen LogP contribution in [0.15, 0.2) is 41.0 Å². The van der Waals surface area contributed by atoms with Gasteiger partial charge < -0.3 is 9.47 Å². The third-order valence-electron chi connectivity index (χ3n) is 2.80. The molecule has 0 saturated carbocycles. The van der Waals surface area contributed by atoms with Gasteiger partial charge in [-0.05, 0) is 45.8 Å². The molecule has 1 aliphatic heterocycles. The van der Waals surface area contributed by atoms with Crippen LogP contribution in [0, 0.1) is 0 Å². The van der Waals surface area contributed by atoms with E-state index in [4.69, 9.17) is 9.47 Å². The summed E-state index contributed by atoms with van der Waals surface area (Å²) in [5.41, 5.74) is 1.34. The largest absolute Gasteiger partial charge is 0.454 e. The molecule has 0 bridgehead atoms. The molecule has 4 nitrogen and oxygen atoms in total. The summed E-state index contributed by atoms with van der Waals surface area (Å²) in [7, 11) is 0. The summed E-state index contributed by atoms with van der Waals surface area (Å²) >= 11 is 3.26. The quantitative estimate of drug-likeness (QED) is 0.644. The van der Waals surface area contributed by atoms with Crippen LogP contribution < -0.4 is 9.47 Å². The first-order chi connectivity index (χ1) is 9.22. The molecule has 0 N–H and O–H groups in total. The first-order valence-corrected chi connectivity index (χ1v) is 6.56. The molecule has 3 rings (SSSR count). The zero-order valence-electron chi connectivity index (χ0n) is 9.93. The topological polar surface area (TPSA) is 48.4 Å². The molecule has 19 heavy (non-hydrogen) atoms. The van der Waals surface area contributed by atoms with Crippen molar-refractivity contribution in [2.75, 3.05) is 6.79 Å². The number of nitrogens with zero attached hydrogens (tertiary/aromatic N) is 1. The Labute approximate surface area is 118 Å². The lowest BCUT2D eigenvalue weighted by Gasteiger charge is -2.03. The van der Waals surface area contributed by atoms with E-state index in [-0.39, 0.29) is 12.6 Å². The van der Waals surface area contributed by atoms with E-state index in [1.807, 2.05) is 18.2 Å². The molecule has 2 aromatic rings. The second-order valence-electron chi connectivity index (χ2n) is 4.13. The van der Waals surface area contributed by atoms with Gasteiger partial charge in [-0.3, -0.25) is 4.79 Å². The number of hydrogen-bond donors (Lipinski definition) is 0. The molecule has 1 aromatic heterocycles. The molecule has 5 heteroatoms. The Morgan fingerprint density at radius 1 is 1.21 bits per heavy atom. The molecule has 0 spiro atoms. The molecule has 0 saturated heterocycles. The third-order valence-corrected chi connectivity index (χ3v) is 3.24. The molecular weight excluding hydrogens is 310 g/mol. The number of halogens is 1. The average Bonchev–Trinajstić information content (AvgIpc) is 2.86. The minimum Gasteiger partial charge on any atom is -0.454 e. The third kappa shape index (κ3) is 2.61. The van der Waals surface area contributed by atoms with Crippen LogP contribution in [0.4, 0.5) is 0 Å². The van der Waals surface area contributed by atoms with Crippen LogP contribution in [0.1, 0.15) is 16.1 Å². The van der Waals surface area contributed by atoms with Gasteiger partial charge in [0.15, 0.2) is 17.3 Å². The van der Waals surface area contributed by atoms with Gasteiger partial charge in [0.2, 0.25) is 6.79 Å². The van der Waals surface area contributed by atoms with Crippen LogP contribution in [-0.4, -0.2) is 17.6 Å². The number of aromatic nitrogens is 1. The standard InChI is InChI=1S/C14H10BrNO3/c15-14-3-1-2-10(16-14)11(17)6-9-4-5-12-13(7-9)19-8-18-12/h1-5,7H,6,8H2. The summed E-state index contributed by atoms with van der Waals surface area (Å²) in [5, 5.41) is 0.